The first kappa shape index (κ1) is 14.6. The molecule has 2 N–H and O–H groups in total. The highest BCUT2D eigenvalue weighted by Gasteiger charge is 2.10. The summed E-state index contributed by atoms with van der Waals surface area (Å²) in [5.41, 5.74) is 6.90. The van der Waals surface area contributed by atoms with Gasteiger partial charge >= 0.3 is 0 Å². The van der Waals surface area contributed by atoms with Gasteiger partial charge in [0.15, 0.2) is 0 Å². The molecule has 0 amide bonds. The molecule has 0 aliphatic rings. The summed E-state index contributed by atoms with van der Waals surface area (Å²) in [5, 5.41) is 13.7. The lowest BCUT2D eigenvalue weighted by molar-refractivity contribution is 0.191. The Bertz CT molecular complexity index is 604. The lowest BCUT2D eigenvalue weighted by Gasteiger charge is -2.17. The van der Waals surface area contributed by atoms with Gasteiger partial charge in [-0.05, 0) is 50.5 Å². The summed E-state index contributed by atoms with van der Waals surface area (Å²) >= 11 is 0. The summed E-state index contributed by atoms with van der Waals surface area (Å²) in [4.78, 5) is 0. The zero-order chi connectivity index (χ0) is 14.7. The number of anilines is 1. The third-order valence-electron chi connectivity index (χ3n) is 3.65. The molecule has 2 rings (SSSR count). The predicted molar refractivity (Wildman–Crippen MR) is 85.3 cm³/mol. The molecule has 2 heteroatoms. The topological polar surface area (TPSA) is 32.3 Å². The predicted octanol–water partition coefficient (Wildman–Crippen LogP) is 4.07. The summed E-state index contributed by atoms with van der Waals surface area (Å²) in [6.07, 6.45) is -0.490. The van der Waals surface area contributed by atoms with Crippen molar-refractivity contribution in [3.05, 3.63) is 64.2 Å². The van der Waals surface area contributed by atoms with E-state index in [2.05, 4.69) is 50.4 Å². The van der Waals surface area contributed by atoms with Crippen molar-refractivity contribution in [3.63, 3.8) is 0 Å². The first-order valence-electron chi connectivity index (χ1n) is 7.03. The molecule has 0 saturated carbocycles. The van der Waals surface area contributed by atoms with E-state index in [0.29, 0.717) is 6.54 Å². The summed E-state index contributed by atoms with van der Waals surface area (Å²) in [6, 6.07) is 12.5. The van der Waals surface area contributed by atoms with Crippen LogP contribution in [0.2, 0.25) is 0 Å². The van der Waals surface area contributed by atoms with Crippen LogP contribution in [0.4, 0.5) is 5.69 Å². The summed E-state index contributed by atoms with van der Waals surface area (Å²) < 4.78 is 0. The first-order valence-corrected chi connectivity index (χ1v) is 7.03. The molecular formula is C18H23NO. The molecule has 0 aromatic heterocycles. The minimum atomic E-state index is -0.490. The van der Waals surface area contributed by atoms with Gasteiger partial charge in [0.05, 0.1) is 6.10 Å². The third-order valence-corrected chi connectivity index (χ3v) is 3.65. The number of nitrogens with one attached hydrogen (secondary N) is 1. The lowest BCUT2D eigenvalue weighted by Crippen LogP contribution is -2.14. The van der Waals surface area contributed by atoms with Crippen molar-refractivity contribution < 1.29 is 5.11 Å². The van der Waals surface area contributed by atoms with Crippen LogP contribution in [0, 0.1) is 27.7 Å². The number of aliphatic hydroxyl groups is 1. The van der Waals surface area contributed by atoms with E-state index >= 15 is 0 Å². The molecule has 1 unspecified atom stereocenters. The van der Waals surface area contributed by atoms with Crippen LogP contribution in [0.3, 0.4) is 0 Å². The molecule has 106 valence electrons. The van der Waals surface area contributed by atoms with Crippen LogP contribution >= 0.6 is 0 Å². The summed E-state index contributed by atoms with van der Waals surface area (Å²) in [5.74, 6) is 0. The summed E-state index contributed by atoms with van der Waals surface area (Å²) in [6.45, 7) is 8.80. The lowest BCUT2D eigenvalue weighted by atomic mass is 10.0. The Balaban J connectivity index is 2.06. The third kappa shape index (κ3) is 3.40. The zero-order valence-electron chi connectivity index (χ0n) is 12.7. The van der Waals surface area contributed by atoms with Crippen LogP contribution in [-0.4, -0.2) is 11.7 Å². The molecule has 0 radical (unpaired) electrons. The van der Waals surface area contributed by atoms with E-state index in [0.717, 1.165) is 16.8 Å². The van der Waals surface area contributed by atoms with Gasteiger partial charge in [0, 0.05) is 12.2 Å². The van der Waals surface area contributed by atoms with Crippen molar-refractivity contribution in [1.29, 1.82) is 0 Å². The smallest absolute Gasteiger partial charge is 0.0964 e. The molecule has 1 atom stereocenters. The standard InChI is InChI=1S/C18H23NO/c1-12-5-7-16(14(3)9-12)18(20)11-19-17-8-6-13(2)10-15(17)4/h5-10,18-20H,11H2,1-4H3. The Labute approximate surface area is 121 Å². The van der Waals surface area contributed by atoms with Crippen molar-refractivity contribution in [2.24, 2.45) is 0 Å². The van der Waals surface area contributed by atoms with Crippen LogP contribution in [0.1, 0.15) is 33.9 Å². The molecule has 0 aliphatic carbocycles. The number of hydrogen-bond acceptors (Lipinski definition) is 2. The zero-order valence-corrected chi connectivity index (χ0v) is 12.7. The molecule has 20 heavy (non-hydrogen) atoms. The minimum Gasteiger partial charge on any atom is -0.387 e. The Kier molecular flexibility index (Phi) is 4.46. The monoisotopic (exact) mass is 269 g/mol. The van der Waals surface area contributed by atoms with Crippen molar-refractivity contribution in [1.82, 2.24) is 0 Å². The van der Waals surface area contributed by atoms with E-state index in [1.165, 1.54) is 16.7 Å². The van der Waals surface area contributed by atoms with E-state index in [-0.39, 0.29) is 0 Å². The highest BCUT2D eigenvalue weighted by molar-refractivity contribution is 5.52. The molecule has 0 fully saturated rings. The Morgan fingerprint density at radius 3 is 2.10 bits per heavy atom. The molecule has 0 heterocycles. The average molecular weight is 269 g/mol. The van der Waals surface area contributed by atoms with Crippen molar-refractivity contribution in [2.75, 3.05) is 11.9 Å². The van der Waals surface area contributed by atoms with Crippen LogP contribution < -0.4 is 5.32 Å². The second-order valence-corrected chi connectivity index (χ2v) is 5.58. The maximum atomic E-state index is 10.3. The fourth-order valence-electron chi connectivity index (χ4n) is 2.53. The highest BCUT2D eigenvalue weighted by atomic mass is 16.3. The minimum absolute atomic E-state index is 0.490. The van der Waals surface area contributed by atoms with E-state index in [4.69, 9.17) is 0 Å². The highest BCUT2D eigenvalue weighted by Crippen LogP contribution is 2.21. The Morgan fingerprint density at radius 2 is 1.50 bits per heavy atom. The molecule has 0 spiro atoms. The fourth-order valence-corrected chi connectivity index (χ4v) is 2.53. The van der Waals surface area contributed by atoms with Gasteiger partial charge < -0.3 is 10.4 Å². The second kappa shape index (κ2) is 6.10. The van der Waals surface area contributed by atoms with Gasteiger partial charge in [-0.2, -0.15) is 0 Å². The molecule has 0 aliphatic heterocycles. The molecule has 0 bridgehead atoms. The number of hydrogen-bond donors (Lipinski definition) is 2. The molecule has 0 saturated heterocycles. The fraction of sp³-hybridized carbons (Fsp3) is 0.333. The van der Waals surface area contributed by atoms with E-state index in [1.807, 2.05) is 19.1 Å². The van der Waals surface area contributed by atoms with Gasteiger partial charge in [0.2, 0.25) is 0 Å². The number of aliphatic hydroxyl groups excluding tert-OH is 1. The van der Waals surface area contributed by atoms with Crippen molar-refractivity contribution in [2.45, 2.75) is 33.8 Å². The second-order valence-electron chi connectivity index (χ2n) is 5.58. The molecule has 2 nitrogen and oxygen atoms in total. The van der Waals surface area contributed by atoms with Crippen molar-refractivity contribution in [3.8, 4) is 0 Å². The maximum Gasteiger partial charge on any atom is 0.0964 e. The molecular weight excluding hydrogens is 246 g/mol. The maximum absolute atomic E-state index is 10.3. The number of aryl methyl sites for hydroxylation is 4. The molecule has 2 aromatic carbocycles. The Hall–Kier alpha value is -1.80. The van der Waals surface area contributed by atoms with Crippen molar-refractivity contribution >= 4 is 5.69 Å². The Morgan fingerprint density at radius 1 is 0.900 bits per heavy atom. The van der Waals surface area contributed by atoms with E-state index < -0.39 is 6.10 Å². The molecule has 2 aromatic rings. The van der Waals surface area contributed by atoms with Gasteiger partial charge in [-0.1, -0.05) is 41.5 Å². The number of rotatable bonds is 4. The van der Waals surface area contributed by atoms with Gasteiger partial charge in [-0.25, -0.2) is 0 Å². The largest absolute Gasteiger partial charge is 0.387 e. The normalized spacial score (nSPS) is 12.2. The van der Waals surface area contributed by atoms with Gasteiger partial charge in [-0.3, -0.25) is 0 Å². The quantitative estimate of drug-likeness (QED) is 0.877. The van der Waals surface area contributed by atoms with Crippen LogP contribution in [0.25, 0.3) is 0 Å². The average Bonchev–Trinajstić information content (AvgIpc) is 2.37. The van der Waals surface area contributed by atoms with Crippen LogP contribution in [-0.2, 0) is 0 Å². The first-order chi connectivity index (χ1) is 9.47. The van der Waals surface area contributed by atoms with E-state index in [9.17, 15) is 5.11 Å². The van der Waals surface area contributed by atoms with Gasteiger partial charge in [0.25, 0.3) is 0 Å². The van der Waals surface area contributed by atoms with E-state index in [1.54, 1.807) is 0 Å². The van der Waals surface area contributed by atoms with Crippen LogP contribution in [0.5, 0.6) is 0 Å². The summed E-state index contributed by atoms with van der Waals surface area (Å²) in [7, 11) is 0. The number of benzene rings is 2. The van der Waals surface area contributed by atoms with Gasteiger partial charge in [0.1, 0.15) is 0 Å². The van der Waals surface area contributed by atoms with Gasteiger partial charge in [-0.15, -0.1) is 0 Å². The van der Waals surface area contributed by atoms with Crippen LogP contribution in [0.15, 0.2) is 36.4 Å². The SMILES string of the molecule is Cc1ccc(NCC(O)c2ccc(C)cc2C)c(C)c1.